The van der Waals surface area contributed by atoms with Gasteiger partial charge in [0.2, 0.25) is 0 Å². The van der Waals surface area contributed by atoms with Crippen LogP contribution in [0.4, 0.5) is 5.82 Å². The van der Waals surface area contributed by atoms with Gasteiger partial charge in [0, 0.05) is 21.8 Å². The van der Waals surface area contributed by atoms with Crippen molar-refractivity contribution < 1.29 is 0 Å². The highest BCUT2D eigenvalue weighted by molar-refractivity contribution is 7.07. The molecule has 2 aromatic heterocycles. The fourth-order valence-corrected chi connectivity index (χ4v) is 2.53. The van der Waals surface area contributed by atoms with E-state index < -0.39 is 0 Å². The van der Waals surface area contributed by atoms with Crippen molar-refractivity contribution in [2.45, 2.75) is 13.5 Å². The number of aromatic amines is 1. The Labute approximate surface area is 113 Å². The Morgan fingerprint density at radius 2 is 2.05 bits per heavy atom. The van der Waals surface area contributed by atoms with Crippen LogP contribution in [0.2, 0.25) is 0 Å². The Bertz CT molecular complexity index is 777. The molecule has 0 aliphatic heterocycles. The van der Waals surface area contributed by atoms with E-state index in [4.69, 9.17) is 0 Å². The van der Waals surface area contributed by atoms with Crippen molar-refractivity contribution in [3.05, 3.63) is 50.7 Å². The average molecular weight is 272 g/mol. The van der Waals surface area contributed by atoms with Crippen LogP contribution in [0.25, 0.3) is 10.8 Å². The van der Waals surface area contributed by atoms with Crippen molar-refractivity contribution in [2.75, 3.05) is 5.32 Å². The molecule has 0 unspecified atom stereocenters. The number of nitrogens with one attached hydrogen (secondary N) is 2. The Hall–Kier alpha value is -2.21. The summed E-state index contributed by atoms with van der Waals surface area (Å²) < 4.78 is 0. The summed E-state index contributed by atoms with van der Waals surface area (Å²) in [5.41, 5.74) is 1.76. The first-order chi connectivity index (χ1) is 9.24. The zero-order chi connectivity index (χ0) is 13.2. The van der Waals surface area contributed by atoms with Gasteiger partial charge in [0.25, 0.3) is 0 Å². The smallest absolute Gasteiger partial charge is 0.304 e. The van der Waals surface area contributed by atoms with E-state index in [1.54, 1.807) is 5.38 Å². The van der Waals surface area contributed by atoms with Crippen molar-refractivity contribution in [2.24, 2.45) is 0 Å². The summed E-state index contributed by atoms with van der Waals surface area (Å²) >= 11 is 1.16. The number of aryl methyl sites for hydroxylation is 1. The number of benzene rings is 1. The van der Waals surface area contributed by atoms with Gasteiger partial charge in [0.15, 0.2) is 5.82 Å². The molecular formula is C13H12N4OS. The van der Waals surface area contributed by atoms with Gasteiger partial charge in [-0.3, -0.25) is 4.79 Å². The van der Waals surface area contributed by atoms with Crippen LogP contribution in [0.3, 0.4) is 0 Å². The van der Waals surface area contributed by atoms with E-state index in [1.807, 2.05) is 31.2 Å². The zero-order valence-electron chi connectivity index (χ0n) is 10.3. The molecule has 0 atom stereocenters. The van der Waals surface area contributed by atoms with E-state index in [1.165, 1.54) is 0 Å². The molecule has 0 aliphatic carbocycles. The van der Waals surface area contributed by atoms with E-state index in [0.29, 0.717) is 6.54 Å². The van der Waals surface area contributed by atoms with Crippen LogP contribution < -0.4 is 10.2 Å². The first kappa shape index (κ1) is 11.9. The van der Waals surface area contributed by atoms with Crippen molar-refractivity contribution in [1.29, 1.82) is 0 Å². The van der Waals surface area contributed by atoms with Gasteiger partial charge in [-0.05, 0) is 6.92 Å². The molecule has 96 valence electrons. The van der Waals surface area contributed by atoms with Gasteiger partial charge < -0.3 is 10.3 Å². The SMILES string of the molecule is Cc1nnc(NCc2csc(=O)[nH]2)c2ccccc12. The highest BCUT2D eigenvalue weighted by Gasteiger charge is 2.06. The molecule has 3 rings (SSSR count). The average Bonchev–Trinajstić information content (AvgIpc) is 2.84. The van der Waals surface area contributed by atoms with Crippen LogP contribution in [0, 0.1) is 6.92 Å². The van der Waals surface area contributed by atoms with E-state index in [-0.39, 0.29) is 4.87 Å². The predicted octanol–water partition coefficient (Wildman–Crippen LogP) is 2.30. The maximum Gasteiger partial charge on any atom is 0.304 e. The fourth-order valence-electron chi connectivity index (χ4n) is 1.95. The van der Waals surface area contributed by atoms with E-state index in [2.05, 4.69) is 20.5 Å². The molecule has 19 heavy (non-hydrogen) atoms. The first-order valence-electron chi connectivity index (χ1n) is 5.86. The van der Waals surface area contributed by atoms with Crippen LogP contribution in [0.5, 0.6) is 0 Å². The predicted molar refractivity (Wildman–Crippen MR) is 76.5 cm³/mol. The highest BCUT2D eigenvalue weighted by Crippen LogP contribution is 2.22. The maximum absolute atomic E-state index is 11.1. The lowest BCUT2D eigenvalue weighted by molar-refractivity contribution is 0.970. The summed E-state index contributed by atoms with van der Waals surface area (Å²) in [6, 6.07) is 7.99. The molecule has 0 amide bonds. The fraction of sp³-hybridized carbons (Fsp3) is 0.154. The first-order valence-corrected chi connectivity index (χ1v) is 6.74. The number of nitrogens with zero attached hydrogens (tertiary/aromatic N) is 2. The molecule has 6 heteroatoms. The number of anilines is 1. The molecular weight excluding hydrogens is 260 g/mol. The van der Waals surface area contributed by atoms with Gasteiger partial charge in [-0.1, -0.05) is 35.6 Å². The molecule has 0 radical (unpaired) electrons. The van der Waals surface area contributed by atoms with Crippen LogP contribution in [0.15, 0.2) is 34.4 Å². The number of hydrogen-bond acceptors (Lipinski definition) is 5. The quantitative estimate of drug-likeness (QED) is 0.767. The van der Waals surface area contributed by atoms with Crippen molar-refractivity contribution >= 4 is 27.9 Å². The Morgan fingerprint density at radius 3 is 2.79 bits per heavy atom. The second-order valence-electron chi connectivity index (χ2n) is 4.21. The highest BCUT2D eigenvalue weighted by atomic mass is 32.1. The normalized spacial score (nSPS) is 10.8. The minimum absolute atomic E-state index is 0.0448. The number of rotatable bonds is 3. The van der Waals surface area contributed by atoms with Gasteiger partial charge in [0.1, 0.15) is 0 Å². The second-order valence-corrected chi connectivity index (χ2v) is 5.05. The minimum Gasteiger partial charge on any atom is -0.362 e. The molecule has 2 N–H and O–H groups in total. The van der Waals surface area contributed by atoms with Gasteiger partial charge in [0.05, 0.1) is 12.2 Å². The number of fused-ring (bicyclic) bond motifs is 1. The van der Waals surface area contributed by atoms with Gasteiger partial charge in [-0.25, -0.2) is 0 Å². The Morgan fingerprint density at radius 1 is 1.26 bits per heavy atom. The summed E-state index contributed by atoms with van der Waals surface area (Å²) in [6.45, 7) is 2.47. The van der Waals surface area contributed by atoms with Crippen LogP contribution in [-0.2, 0) is 6.54 Å². The largest absolute Gasteiger partial charge is 0.362 e. The lowest BCUT2D eigenvalue weighted by Crippen LogP contribution is -2.06. The van der Waals surface area contributed by atoms with Gasteiger partial charge in [-0.15, -0.1) is 5.10 Å². The molecule has 0 spiro atoms. The standard InChI is InChI=1S/C13H12N4OS/c1-8-10-4-2-3-5-11(10)12(17-16-8)14-6-9-7-19-13(18)15-9/h2-5,7H,6H2,1H3,(H,14,17)(H,15,18). The summed E-state index contributed by atoms with van der Waals surface area (Å²) in [5, 5.41) is 15.5. The van der Waals surface area contributed by atoms with Crippen LogP contribution in [0.1, 0.15) is 11.4 Å². The van der Waals surface area contributed by atoms with Gasteiger partial charge >= 0.3 is 4.87 Å². The monoisotopic (exact) mass is 272 g/mol. The number of hydrogen-bond donors (Lipinski definition) is 2. The maximum atomic E-state index is 11.1. The third-order valence-electron chi connectivity index (χ3n) is 2.89. The topological polar surface area (TPSA) is 70.7 Å². The number of H-pyrrole nitrogens is 1. The van der Waals surface area contributed by atoms with Crippen molar-refractivity contribution in [3.8, 4) is 0 Å². The molecule has 0 saturated carbocycles. The molecule has 0 bridgehead atoms. The van der Waals surface area contributed by atoms with E-state index >= 15 is 0 Å². The van der Waals surface area contributed by atoms with Crippen LogP contribution in [-0.4, -0.2) is 15.2 Å². The third kappa shape index (κ3) is 2.34. The van der Waals surface area contributed by atoms with Crippen LogP contribution >= 0.6 is 11.3 Å². The lowest BCUT2D eigenvalue weighted by Gasteiger charge is -2.08. The molecule has 0 saturated heterocycles. The molecule has 0 aliphatic rings. The molecule has 5 nitrogen and oxygen atoms in total. The lowest BCUT2D eigenvalue weighted by atomic mass is 10.1. The summed E-state index contributed by atoms with van der Waals surface area (Å²) in [4.78, 5) is 13.8. The summed E-state index contributed by atoms with van der Waals surface area (Å²) in [6.07, 6.45) is 0. The molecule has 2 heterocycles. The number of thiazole rings is 1. The van der Waals surface area contributed by atoms with E-state index in [0.717, 1.165) is 39.3 Å². The Kier molecular flexibility index (Phi) is 3.00. The summed E-state index contributed by atoms with van der Waals surface area (Å²) in [7, 11) is 0. The van der Waals surface area contributed by atoms with Crippen molar-refractivity contribution in [1.82, 2.24) is 15.2 Å². The molecule has 3 aromatic rings. The van der Waals surface area contributed by atoms with E-state index in [9.17, 15) is 4.79 Å². The molecule has 0 fully saturated rings. The van der Waals surface area contributed by atoms with Crippen molar-refractivity contribution in [3.63, 3.8) is 0 Å². The molecule has 1 aromatic carbocycles. The van der Waals surface area contributed by atoms with Gasteiger partial charge in [-0.2, -0.15) is 5.10 Å². The Balaban J connectivity index is 1.93. The third-order valence-corrected chi connectivity index (χ3v) is 3.61. The zero-order valence-corrected chi connectivity index (χ0v) is 11.1. The minimum atomic E-state index is -0.0448. The second kappa shape index (κ2) is 4.81. The summed E-state index contributed by atoms with van der Waals surface area (Å²) in [5.74, 6) is 0.730. The number of aromatic nitrogens is 3.